The summed E-state index contributed by atoms with van der Waals surface area (Å²) >= 11 is 0. The van der Waals surface area contributed by atoms with E-state index < -0.39 is 11.6 Å². The minimum absolute atomic E-state index is 0.328. The van der Waals surface area contributed by atoms with Gasteiger partial charge in [-0.25, -0.2) is 0 Å². The fourth-order valence-electron chi connectivity index (χ4n) is 1.34. The van der Waals surface area contributed by atoms with Gasteiger partial charge in [-0.15, -0.1) is 0 Å². The quantitative estimate of drug-likeness (QED) is 0.698. The SMILES string of the molecule is CCc1cccc(C(C)(C)C(F)(F)F)c1. The number of hydrogen-bond donors (Lipinski definition) is 0. The molecular weight excluding hydrogens is 201 g/mol. The Labute approximate surface area is 88.1 Å². The first-order valence-corrected chi connectivity index (χ1v) is 4.95. The normalized spacial score (nSPS) is 12.9. The van der Waals surface area contributed by atoms with Crippen molar-refractivity contribution in [2.45, 2.75) is 38.8 Å². The lowest BCUT2D eigenvalue weighted by Crippen LogP contribution is -2.36. The standard InChI is InChI=1S/C12H15F3/c1-4-9-6-5-7-10(8-9)11(2,3)12(13,14)15/h5-8H,4H2,1-3H3. The Hall–Kier alpha value is -0.990. The maximum Gasteiger partial charge on any atom is 0.397 e. The van der Waals surface area contributed by atoms with Crippen molar-refractivity contribution in [3.63, 3.8) is 0 Å². The Balaban J connectivity index is 3.15. The molecule has 0 N–H and O–H groups in total. The van der Waals surface area contributed by atoms with Crippen molar-refractivity contribution in [1.82, 2.24) is 0 Å². The first kappa shape index (κ1) is 12.1. The molecule has 0 fully saturated rings. The second-order valence-electron chi connectivity index (χ2n) is 4.18. The molecule has 0 nitrogen and oxygen atoms in total. The average molecular weight is 216 g/mol. The molecule has 0 aromatic heterocycles. The summed E-state index contributed by atoms with van der Waals surface area (Å²) in [7, 11) is 0. The van der Waals surface area contributed by atoms with Crippen molar-refractivity contribution in [2.24, 2.45) is 0 Å². The summed E-state index contributed by atoms with van der Waals surface area (Å²) in [5.74, 6) is 0. The summed E-state index contributed by atoms with van der Waals surface area (Å²) in [6, 6.07) is 6.69. The van der Waals surface area contributed by atoms with Gasteiger partial charge in [0.05, 0.1) is 5.41 Å². The number of aryl methyl sites for hydroxylation is 1. The Morgan fingerprint density at radius 3 is 2.20 bits per heavy atom. The molecule has 0 radical (unpaired) electrons. The fourth-order valence-corrected chi connectivity index (χ4v) is 1.34. The third kappa shape index (κ3) is 2.33. The van der Waals surface area contributed by atoms with E-state index in [1.165, 1.54) is 19.9 Å². The van der Waals surface area contributed by atoms with Crippen LogP contribution < -0.4 is 0 Å². The monoisotopic (exact) mass is 216 g/mol. The van der Waals surface area contributed by atoms with Crippen LogP contribution in [0, 0.1) is 0 Å². The van der Waals surface area contributed by atoms with Crippen LogP contribution in [0.15, 0.2) is 24.3 Å². The highest BCUT2D eigenvalue weighted by Crippen LogP contribution is 2.40. The van der Waals surface area contributed by atoms with E-state index in [0.29, 0.717) is 5.56 Å². The molecule has 0 aliphatic heterocycles. The van der Waals surface area contributed by atoms with Crippen LogP contribution in [0.3, 0.4) is 0 Å². The van der Waals surface area contributed by atoms with E-state index in [9.17, 15) is 13.2 Å². The first-order chi connectivity index (χ1) is 6.79. The summed E-state index contributed by atoms with van der Waals surface area (Å²) in [5.41, 5.74) is -0.516. The number of rotatable bonds is 2. The number of halogens is 3. The van der Waals surface area contributed by atoms with Crippen LogP contribution >= 0.6 is 0 Å². The molecule has 1 rings (SSSR count). The largest absolute Gasteiger partial charge is 0.397 e. The highest BCUT2D eigenvalue weighted by Gasteiger charge is 2.48. The summed E-state index contributed by atoms with van der Waals surface area (Å²) in [4.78, 5) is 0. The van der Waals surface area contributed by atoms with Gasteiger partial charge in [-0.1, -0.05) is 31.2 Å². The summed E-state index contributed by atoms with van der Waals surface area (Å²) in [5, 5.41) is 0. The van der Waals surface area contributed by atoms with Gasteiger partial charge >= 0.3 is 6.18 Å². The molecule has 0 heterocycles. The number of alkyl halides is 3. The van der Waals surface area contributed by atoms with Crippen molar-refractivity contribution in [3.8, 4) is 0 Å². The van der Waals surface area contributed by atoms with Gasteiger partial charge in [-0.3, -0.25) is 0 Å². The van der Waals surface area contributed by atoms with Gasteiger partial charge in [0.25, 0.3) is 0 Å². The molecule has 84 valence electrons. The van der Waals surface area contributed by atoms with Crippen LogP contribution in [0.4, 0.5) is 13.2 Å². The molecule has 0 amide bonds. The zero-order valence-corrected chi connectivity index (χ0v) is 9.15. The van der Waals surface area contributed by atoms with Crippen molar-refractivity contribution < 1.29 is 13.2 Å². The van der Waals surface area contributed by atoms with Gasteiger partial charge in [0, 0.05) is 0 Å². The van der Waals surface area contributed by atoms with Gasteiger partial charge in [0.15, 0.2) is 0 Å². The zero-order valence-electron chi connectivity index (χ0n) is 9.15. The molecule has 15 heavy (non-hydrogen) atoms. The lowest BCUT2D eigenvalue weighted by molar-refractivity contribution is -0.180. The summed E-state index contributed by atoms with van der Waals surface area (Å²) in [6.45, 7) is 4.35. The highest BCUT2D eigenvalue weighted by atomic mass is 19.4. The van der Waals surface area contributed by atoms with Gasteiger partial charge < -0.3 is 0 Å². The van der Waals surface area contributed by atoms with Crippen LogP contribution in [-0.2, 0) is 11.8 Å². The molecule has 0 unspecified atom stereocenters. The summed E-state index contributed by atoms with van der Waals surface area (Å²) in [6.07, 6.45) is -3.46. The van der Waals surface area contributed by atoms with Gasteiger partial charge in [0.1, 0.15) is 0 Å². The second kappa shape index (κ2) is 3.87. The highest BCUT2D eigenvalue weighted by molar-refractivity contribution is 5.30. The number of hydrogen-bond acceptors (Lipinski definition) is 0. The fraction of sp³-hybridized carbons (Fsp3) is 0.500. The topological polar surface area (TPSA) is 0 Å². The molecule has 0 bridgehead atoms. The molecule has 1 aromatic rings. The van der Waals surface area contributed by atoms with Crippen molar-refractivity contribution in [2.75, 3.05) is 0 Å². The van der Waals surface area contributed by atoms with Crippen LogP contribution in [0.5, 0.6) is 0 Å². The third-order valence-corrected chi connectivity index (χ3v) is 2.77. The van der Waals surface area contributed by atoms with Crippen LogP contribution in [0.2, 0.25) is 0 Å². The molecule has 0 spiro atoms. The Morgan fingerprint density at radius 1 is 1.13 bits per heavy atom. The predicted molar refractivity (Wildman–Crippen MR) is 54.9 cm³/mol. The molecule has 1 aromatic carbocycles. The average Bonchev–Trinajstić information content (AvgIpc) is 2.16. The van der Waals surface area contributed by atoms with Crippen LogP contribution in [0.1, 0.15) is 31.9 Å². The zero-order chi connectivity index (χ0) is 11.7. The van der Waals surface area contributed by atoms with E-state index in [-0.39, 0.29) is 0 Å². The van der Waals surface area contributed by atoms with Crippen molar-refractivity contribution in [1.29, 1.82) is 0 Å². The van der Waals surface area contributed by atoms with E-state index in [0.717, 1.165) is 12.0 Å². The minimum atomic E-state index is -4.21. The maximum atomic E-state index is 12.8. The lowest BCUT2D eigenvalue weighted by Gasteiger charge is -2.28. The molecule has 0 aliphatic rings. The molecule has 0 aliphatic carbocycles. The maximum absolute atomic E-state index is 12.8. The minimum Gasteiger partial charge on any atom is -0.170 e. The lowest BCUT2D eigenvalue weighted by atomic mass is 9.83. The Morgan fingerprint density at radius 2 is 1.73 bits per heavy atom. The van der Waals surface area contributed by atoms with Crippen LogP contribution in [0.25, 0.3) is 0 Å². The predicted octanol–water partition coefficient (Wildman–Crippen LogP) is 4.09. The smallest absolute Gasteiger partial charge is 0.170 e. The van der Waals surface area contributed by atoms with Crippen LogP contribution in [-0.4, -0.2) is 6.18 Å². The Bertz CT molecular complexity index is 337. The van der Waals surface area contributed by atoms with E-state index in [1.54, 1.807) is 12.1 Å². The number of benzene rings is 1. The third-order valence-electron chi connectivity index (χ3n) is 2.77. The first-order valence-electron chi connectivity index (χ1n) is 4.95. The van der Waals surface area contributed by atoms with E-state index in [2.05, 4.69) is 0 Å². The van der Waals surface area contributed by atoms with E-state index in [1.807, 2.05) is 13.0 Å². The molecular formula is C12H15F3. The van der Waals surface area contributed by atoms with Crippen molar-refractivity contribution >= 4 is 0 Å². The van der Waals surface area contributed by atoms with Gasteiger partial charge in [-0.2, -0.15) is 13.2 Å². The molecule has 0 saturated carbocycles. The van der Waals surface area contributed by atoms with Crippen molar-refractivity contribution in [3.05, 3.63) is 35.4 Å². The molecule has 0 saturated heterocycles. The molecule has 3 heteroatoms. The van der Waals surface area contributed by atoms with E-state index >= 15 is 0 Å². The Kier molecular flexibility index (Phi) is 3.12. The molecule has 0 atom stereocenters. The van der Waals surface area contributed by atoms with Gasteiger partial charge in [0.2, 0.25) is 0 Å². The summed E-state index contributed by atoms with van der Waals surface area (Å²) < 4.78 is 38.3. The second-order valence-corrected chi connectivity index (χ2v) is 4.18. The van der Waals surface area contributed by atoms with E-state index in [4.69, 9.17) is 0 Å². The van der Waals surface area contributed by atoms with Gasteiger partial charge in [-0.05, 0) is 31.4 Å².